The van der Waals surface area contributed by atoms with Gasteiger partial charge in [0.05, 0.1) is 12.8 Å². The van der Waals surface area contributed by atoms with Crippen LogP contribution in [0.3, 0.4) is 0 Å². The number of hydrogen-bond acceptors (Lipinski definition) is 3. The van der Waals surface area contributed by atoms with Crippen LogP contribution in [0.1, 0.15) is 47.1 Å². The summed E-state index contributed by atoms with van der Waals surface area (Å²) in [6.07, 6.45) is 4.32. The van der Waals surface area contributed by atoms with Gasteiger partial charge in [-0.25, -0.2) is 0 Å². The van der Waals surface area contributed by atoms with E-state index in [4.69, 9.17) is 26.1 Å². The molecule has 0 aliphatic heterocycles. The SMILES string of the molecule is Cc1ccc(C=C(CCCOc2ccc(CNCCCP(=O)(O)O)cc2)c2cccc(Cl)c2)cc1C. The number of benzene rings is 3. The summed E-state index contributed by atoms with van der Waals surface area (Å²) in [6.45, 7) is 6.07. The lowest BCUT2D eigenvalue weighted by Crippen LogP contribution is -2.15. The molecule has 0 saturated carbocycles. The van der Waals surface area contributed by atoms with Crippen molar-refractivity contribution in [1.82, 2.24) is 5.32 Å². The summed E-state index contributed by atoms with van der Waals surface area (Å²) < 4.78 is 16.9. The van der Waals surface area contributed by atoms with Gasteiger partial charge in [-0.15, -0.1) is 0 Å². The van der Waals surface area contributed by atoms with Crippen molar-refractivity contribution in [3.63, 3.8) is 0 Å². The number of halogens is 1. The molecule has 0 aliphatic carbocycles. The predicted octanol–water partition coefficient (Wildman–Crippen LogP) is 7.01. The first-order valence-electron chi connectivity index (χ1n) is 12.2. The van der Waals surface area contributed by atoms with Crippen LogP contribution in [0.2, 0.25) is 5.02 Å². The molecule has 0 atom stereocenters. The van der Waals surface area contributed by atoms with Crippen molar-refractivity contribution in [3.05, 3.63) is 99.6 Å². The molecule has 5 nitrogen and oxygen atoms in total. The first-order chi connectivity index (χ1) is 17.2. The minimum absolute atomic E-state index is 0.0916. The average molecular weight is 528 g/mol. The number of nitrogens with one attached hydrogen (secondary N) is 1. The maximum Gasteiger partial charge on any atom is 0.325 e. The lowest BCUT2D eigenvalue weighted by atomic mass is 9.97. The highest BCUT2D eigenvalue weighted by atomic mass is 35.5. The zero-order chi connectivity index (χ0) is 26.0. The molecule has 7 heteroatoms. The van der Waals surface area contributed by atoms with E-state index in [-0.39, 0.29) is 6.16 Å². The summed E-state index contributed by atoms with van der Waals surface area (Å²) in [5.74, 6) is 0.822. The number of rotatable bonds is 13. The van der Waals surface area contributed by atoms with Crippen LogP contribution in [-0.2, 0) is 11.1 Å². The fourth-order valence-corrected chi connectivity index (χ4v) is 4.60. The van der Waals surface area contributed by atoms with Crippen molar-refractivity contribution in [2.75, 3.05) is 19.3 Å². The molecule has 0 saturated heterocycles. The fraction of sp³-hybridized carbons (Fsp3) is 0.310. The Morgan fingerprint density at radius 3 is 2.47 bits per heavy atom. The second-order valence-electron chi connectivity index (χ2n) is 9.04. The molecule has 0 unspecified atom stereocenters. The molecule has 3 N–H and O–H groups in total. The molecule has 0 radical (unpaired) electrons. The lowest BCUT2D eigenvalue weighted by Gasteiger charge is -2.12. The zero-order valence-electron chi connectivity index (χ0n) is 20.9. The van der Waals surface area contributed by atoms with Gasteiger partial charge in [0.1, 0.15) is 5.75 Å². The monoisotopic (exact) mass is 527 g/mol. The molecule has 0 heterocycles. The molecular formula is C29H35ClNO4P. The van der Waals surface area contributed by atoms with E-state index in [2.05, 4.69) is 49.5 Å². The standard InChI is InChI=1S/C29H35ClNO4P/c1-22-9-10-25(18-23(22)2)19-26(27-6-3-8-28(30)20-27)7-4-16-35-29-13-11-24(12-14-29)21-31-15-5-17-36(32,33)34/h3,6,8-14,18-20,31H,4-5,7,15-17,21H2,1-2H3,(H2,32,33,34). The third-order valence-corrected chi connectivity index (χ3v) is 7.12. The van der Waals surface area contributed by atoms with Crippen LogP contribution in [0.5, 0.6) is 5.75 Å². The van der Waals surface area contributed by atoms with E-state index in [1.165, 1.54) is 22.3 Å². The minimum Gasteiger partial charge on any atom is -0.494 e. The van der Waals surface area contributed by atoms with Gasteiger partial charge in [0.2, 0.25) is 0 Å². The van der Waals surface area contributed by atoms with E-state index >= 15 is 0 Å². The van der Waals surface area contributed by atoms with E-state index in [9.17, 15) is 4.57 Å². The highest BCUT2D eigenvalue weighted by molar-refractivity contribution is 7.51. The van der Waals surface area contributed by atoms with Crippen molar-refractivity contribution in [2.24, 2.45) is 0 Å². The Balaban J connectivity index is 1.51. The number of allylic oxidation sites excluding steroid dienone is 1. The molecule has 0 aromatic heterocycles. The van der Waals surface area contributed by atoms with Crippen LogP contribution in [-0.4, -0.2) is 29.1 Å². The van der Waals surface area contributed by atoms with E-state index in [1.54, 1.807) is 0 Å². The summed E-state index contributed by atoms with van der Waals surface area (Å²) >= 11 is 6.27. The molecule has 0 bridgehead atoms. The van der Waals surface area contributed by atoms with Crippen molar-refractivity contribution < 1.29 is 19.1 Å². The van der Waals surface area contributed by atoms with Crippen LogP contribution < -0.4 is 10.1 Å². The Bertz CT molecular complexity index is 1200. The average Bonchev–Trinajstić information content (AvgIpc) is 2.83. The van der Waals surface area contributed by atoms with Gasteiger partial charge in [0.25, 0.3) is 0 Å². The van der Waals surface area contributed by atoms with Gasteiger partial charge in [0, 0.05) is 11.6 Å². The normalized spacial score (nSPS) is 12.1. The quantitative estimate of drug-likeness (QED) is 0.126. The topological polar surface area (TPSA) is 78.8 Å². The fourth-order valence-electron chi connectivity index (χ4n) is 3.84. The molecule has 36 heavy (non-hydrogen) atoms. The van der Waals surface area contributed by atoms with Gasteiger partial charge < -0.3 is 19.8 Å². The van der Waals surface area contributed by atoms with Crippen LogP contribution in [0.4, 0.5) is 0 Å². The second kappa shape index (κ2) is 13.8. The summed E-state index contributed by atoms with van der Waals surface area (Å²) in [4.78, 5) is 17.8. The molecule has 0 amide bonds. The van der Waals surface area contributed by atoms with Gasteiger partial charge in [-0.3, -0.25) is 4.57 Å². The summed E-state index contributed by atoms with van der Waals surface area (Å²) in [5.41, 5.74) is 7.18. The van der Waals surface area contributed by atoms with Gasteiger partial charge in [-0.05, 0) is 97.3 Å². The van der Waals surface area contributed by atoms with Gasteiger partial charge >= 0.3 is 7.60 Å². The van der Waals surface area contributed by atoms with Crippen molar-refractivity contribution in [3.8, 4) is 5.75 Å². The first-order valence-corrected chi connectivity index (χ1v) is 14.4. The summed E-state index contributed by atoms with van der Waals surface area (Å²) in [5, 5.41) is 3.93. The van der Waals surface area contributed by atoms with Gasteiger partial charge in [0.15, 0.2) is 0 Å². The van der Waals surface area contributed by atoms with Crippen molar-refractivity contribution in [2.45, 2.75) is 39.7 Å². The predicted molar refractivity (Wildman–Crippen MR) is 150 cm³/mol. The molecule has 3 aromatic rings. The van der Waals surface area contributed by atoms with E-state index < -0.39 is 7.60 Å². The smallest absolute Gasteiger partial charge is 0.325 e. The van der Waals surface area contributed by atoms with Crippen LogP contribution in [0, 0.1) is 13.8 Å². The number of aryl methyl sites for hydroxylation is 2. The molecule has 3 rings (SSSR count). The third kappa shape index (κ3) is 9.93. The summed E-state index contributed by atoms with van der Waals surface area (Å²) in [7, 11) is -3.91. The Kier molecular flexibility index (Phi) is 10.8. The van der Waals surface area contributed by atoms with Gasteiger partial charge in [-0.1, -0.05) is 60.1 Å². The van der Waals surface area contributed by atoms with E-state index in [1.807, 2.05) is 42.5 Å². The van der Waals surface area contributed by atoms with Crippen LogP contribution in [0.25, 0.3) is 11.6 Å². The third-order valence-electron chi connectivity index (χ3n) is 5.98. The molecule has 0 aliphatic rings. The molecule has 0 spiro atoms. The number of hydrogen-bond donors (Lipinski definition) is 3. The number of ether oxygens (including phenoxy) is 1. The Morgan fingerprint density at radius 1 is 1.00 bits per heavy atom. The zero-order valence-corrected chi connectivity index (χ0v) is 22.6. The maximum absolute atomic E-state index is 10.9. The van der Waals surface area contributed by atoms with E-state index in [0.717, 1.165) is 34.7 Å². The lowest BCUT2D eigenvalue weighted by molar-refractivity contribution is 0.313. The maximum atomic E-state index is 10.9. The Labute approximate surface area is 219 Å². The Hall–Kier alpha value is -2.40. The Morgan fingerprint density at radius 2 is 1.78 bits per heavy atom. The molecular weight excluding hydrogens is 493 g/mol. The highest BCUT2D eigenvalue weighted by Crippen LogP contribution is 2.34. The second-order valence-corrected chi connectivity index (χ2v) is 11.3. The van der Waals surface area contributed by atoms with Crippen molar-refractivity contribution >= 4 is 30.8 Å². The minimum atomic E-state index is -3.91. The van der Waals surface area contributed by atoms with Crippen LogP contribution in [0.15, 0.2) is 66.7 Å². The summed E-state index contributed by atoms with van der Waals surface area (Å²) in [6, 6.07) is 22.4. The first kappa shape index (κ1) is 28.2. The van der Waals surface area contributed by atoms with Crippen LogP contribution >= 0.6 is 19.2 Å². The molecule has 0 fully saturated rings. The van der Waals surface area contributed by atoms with Crippen molar-refractivity contribution in [1.29, 1.82) is 0 Å². The largest absolute Gasteiger partial charge is 0.494 e. The van der Waals surface area contributed by atoms with Gasteiger partial charge in [-0.2, -0.15) is 0 Å². The molecule has 192 valence electrons. The highest BCUT2D eigenvalue weighted by Gasteiger charge is 2.11. The molecule has 3 aromatic carbocycles. The van der Waals surface area contributed by atoms with E-state index in [0.29, 0.717) is 26.1 Å².